The predicted molar refractivity (Wildman–Crippen MR) is 104 cm³/mol. The van der Waals surface area contributed by atoms with E-state index in [0.29, 0.717) is 0 Å². The minimum atomic E-state index is -0.444. The largest absolute Gasteiger partial charge is 0.444 e. The van der Waals surface area contributed by atoms with Gasteiger partial charge < -0.3 is 9.30 Å². The summed E-state index contributed by atoms with van der Waals surface area (Å²) in [5, 5.41) is 10.4. The standard InChI is InChI=1S/C13H14N2O2.C7H7N3/c1-15-8-7-12(9-15)14-13(16)17-10-11-5-3-2-4-6-11;1-10-7-5-3-2-4-6(7)8-9-10/h2-9H,10H2,1H3,(H,14,16);2-5H,1H3. The first-order valence-corrected chi connectivity index (χ1v) is 8.46. The molecule has 1 N–H and O–H groups in total. The average Bonchev–Trinajstić information content (AvgIpc) is 3.27. The molecule has 0 spiro atoms. The van der Waals surface area contributed by atoms with Crippen molar-refractivity contribution in [3.8, 4) is 0 Å². The van der Waals surface area contributed by atoms with Crippen molar-refractivity contribution in [3.05, 3.63) is 78.6 Å². The zero-order chi connectivity index (χ0) is 19.1. The number of amides is 1. The molecule has 7 nitrogen and oxygen atoms in total. The second kappa shape index (κ2) is 8.66. The molecule has 0 bridgehead atoms. The third-order valence-corrected chi connectivity index (χ3v) is 3.81. The number of aromatic nitrogens is 4. The van der Waals surface area contributed by atoms with E-state index in [1.54, 1.807) is 4.68 Å². The number of aryl methyl sites for hydroxylation is 2. The van der Waals surface area contributed by atoms with Crippen molar-refractivity contribution in [2.75, 3.05) is 5.32 Å². The molecule has 0 aliphatic heterocycles. The molecule has 2 aromatic carbocycles. The van der Waals surface area contributed by atoms with E-state index in [1.807, 2.05) is 91.7 Å². The molecule has 7 heteroatoms. The van der Waals surface area contributed by atoms with Crippen LogP contribution in [0.15, 0.2) is 73.1 Å². The molecule has 2 aromatic heterocycles. The van der Waals surface area contributed by atoms with Crippen molar-refractivity contribution in [3.63, 3.8) is 0 Å². The summed E-state index contributed by atoms with van der Waals surface area (Å²) < 4.78 is 8.70. The van der Waals surface area contributed by atoms with Crippen LogP contribution in [-0.2, 0) is 25.4 Å². The van der Waals surface area contributed by atoms with Crippen LogP contribution in [0, 0.1) is 0 Å². The first-order valence-electron chi connectivity index (χ1n) is 8.46. The van der Waals surface area contributed by atoms with E-state index in [2.05, 4.69) is 15.6 Å². The number of fused-ring (bicyclic) bond motifs is 1. The SMILES string of the molecule is Cn1ccc(NC(=O)OCc2ccccc2)c1.Cn1nnc2ccccc21. The Kier molecular flexibility index (Phi) is 5.84. The Bertz CT molecular complexity index is 1010. The van der Waals surface area contributed by atoms with Crippen LogP contribution in [0.25, 0.3) is 11.0 Å². The fraction of sp³-hybridized carbons (Fsp3) is 0.150. The Balaban J connectivity index is 0.000000177. The summed E-state index contributed by atoms with van der Waals surface area (Å²) in [6.07, 6.45) is 3.22. The van der Waals surface area contributed by atoms with Gasteiger partial charge >= 0.3 is 6.09 Å². The maximum Gasteiger partial charge on any atom is 0.412 e. The summed E-state index contributed by atoms with van der Waals surface area (Å²) in [7, 11) is 3.77. The number of rotatable bonds is 3. The van der Waals surface area contributed by atoms with E-state index in [-0.39, 0.29) is 6.61 Å². The molecule has 0 saturated heterocycles. The van der Waals surface area contributed by atoms with Crippen molar-refractivity contribution in [1.29, 1.82) is 0 Å². The molecule has 0 atom stereocenters. The third kappa shape index (κ3) is 5.18. The van der Waals surface area contributed by atoms with Gasteiger partial charge in [-0.3, -0.25) is 5.32 Å². The van der Waals surface area contributed by atoms with Crippen molar-refractivity contribution in [1.82, 2.24) is 19.6 Å². The van der Waals surface area contributed by atoms with Gasteiger partial charge in [-0.05, 0) is 23.8 Å². The molecular formula is C20H21N5O2. The van der Waals surface area contributed by atoms with Gasteiger partial charge in [-0.1, -0.05) is 47.7 Å². The summed E-state index contributed by atoms with van der Waals surface area (Å²) in [6.45, 7) is 0.277. The van der Waals surface area contributed by atoms with E-state index >= 15 is 0 Å². The van der Waals surface area contributed by atoms with Crippen molar-refractivity contribution in [2.24, 2.45) is 14.1 Å². The van der Waals surface area contributed by atoms with E-state index in [0.717, 1.165) is 22.3 Å². The van der Waals surface area contributed by atoms with Crippen LogP contribution in [0.5, 0.6) is 0 Å². The Labute approximate surface area is 157 Å². The van der Waals surface area contributed by atoms with E-state index in [9.17, 15) is 4.79 Å². The predicted octanol–water partition coefficient (Wildman–Crippen LogP) is 3.74. The molecular weight excluding hydrogens is 342 g/mol. The van der Waals surface area contributed by atoms with E-state index in [4.69, 9.17) is 4.74 Å². The molecule has 0 unspecified atom stereocenters. The second-order valence-electron chi connectivity index (χ2n) is 5.95. The van der Waals surface area contributed by atoms with Gasteiger partial charge in [-0.25, -0.2) is 9.48 Å². The summed E-state index contributed by atoms with van der Waals surface area (Å²) in [6, 6.07) is 19.3. The van der Waals surface area contributed by atoms with Crippen LogP contribution in [0.4, 0.5) is 10.5 Å². The average molecular weight is 363 g/mol. The normalized spacial score (nSPS) is 10.1. The molecule has 4 aromatic rings. The lowest BCUT2D eigenvalue weighted by Gasteiger charge is -2.05. The summed E-state index contributed by atoms with van der Waals surface area (Å²) >= 11 is 0. The number of benzene rings is 2. The number of nitrogens with zero attached hydrogens (tertiary/aromatic N) is 4. The monoisotopic (exact) mass is 363 g/mol. The van der Waals surface area contributed by atoms with Gasteiger partial charge in [0.05, 0.1) is 11.2 Å². The fourth-order valence-electron chi connectivity index (χ4n) is 2.44. The maximum atomic E-state index is 11.5. The van der Waals surface area contributed by atoms with Gasteiger partial charge in [-0.2, -0.15) is 0 Å². The first-order chi connectivity index (χ1) is 13.1. The van der Waals surface area contributed by atoms with Gasteiger partial charge in [0.25, 0.3) is 0 Å². The number of hydrogen-bond donors (Lipinski definition) is 1. The molecule has 4 rings (SSSR count). The quantitative estimate of drug-likeness (QED) is 0.602. The Morgan fingerprint density at radius 2 is 1.78 bits per heavy atom. The van der Waals surface area contributed by atoms with Gasteiger partial charge in [0, 0.05) is 26.5 Å². The topological polar surface area (TPSA) is 74.0 Å². The van der Waals surface area contributed by atoms with E-state index < -0.39 is 6.09 Å². The van der Waals surface area contributed by atoms with Crippen molar-refractivity contribution < 1.29 is 9.53 Å². The highest BCUT2D eigenvalue weighted by Gasteiger charge is 2.04. The highest BCUT2D eigenvalue weighted by Crippen LogP contribution is 2.08. The highest BCUT2D eigenvalue weighted by atomic mass is 16.5. The second-order valence-corrected chi connectivity index (χ2v) is 5.95. The minimum absolute atomic E-state index is 0.277. The van der Waals surface area contributed by atoms with Crippen LogP contribution >= 0.6 is 0 Å². The maximum absolute atomic E-state index is 11.5. The van der Waals surface area contributed by atoms with Crippen LogP contribution in [0.1, 0.15) is 5.56 Å². The summed E-state index contributed by atoms with van der Waals surface area (Å²) in [5.74, 6) is 0. The zero-order valence-electron chi connectivity index (χ0n) is 15.2. The number of carbonyl (C=O) groups excluding carboxylic acids is 1. The number of anilines is 1. The van der Waals surface area contributed by atoms with Gasteiger partial charge in [0.15, 0.2) is 0 Å². The van der Waals surface area contributed by atoms with Crippen LogP contribution < -0.4 is 5.32 Å². The van der Waals surface area contributed by atoms with Gasteiger partial charge in [0.2, 0.25) is 0 Å². The molecule has 0 aliphatic carbocycles. The molecule has 0 aliphatic rings. The molecule has 0 saturated carbocycles. The van der Waals surface area contributed by atoms with Crippen LogP contribution in [0.2, 0.25) is 0 Å². The lowest BCUT2D eigenvalue weighted by atomic mass is 10.2. The number of para-hydroxylation sites is 1. The van der Waals surface area contributed by atoms with E-state index in [1.165, 1.54) is 0 Å². The van der Waals surface area contributed by atoms with Crippen LogP contribution in [0.3, 0.4) is 0 Å². The lowest BCUT2D eigenvalue weighted by Crippen LogP contribution is -2.13. The smallest absolute Gasteiger partial charge is 0.412 e. The van der Waals surface area contributed by atoms with Gasteiger partial charge in [0.1, 0.15) is 12.1 Å². The lowest BCUT2D eigenvalue weighted by molar-refractivity contribution is 0.155. The van der Waals surface area contributed by atoms with Crippen molar-refractivity contribution in [2.45, 2.75) is 6.61 Å². The summed E-state index contributed by atoms with van der Waals surface area (Å²) in [5.41, 5.74) is 3.72. The minimum Gasteiger partial charge on any atom is -0.444 e. The highest BCUT2D eigenvalue weighted by molar-refractivity contribution is 5.84. The number of ether oxygens (including phenoxy) is 1. The molecule has 138 valence electrons. The van der Waals surface area contributed by atoms with Crippen LogP contribution in [-0.4, -0.2) is 25.7 Å². The molecule has 0 fully saturated rings. The Morgan fingerprint density at radius 3 is 2.48 bits per heavy atom. The number of hydrogen-bond acceptors (Lipinski definition) is 4. The number of nitrogens with one attached hydrogen (secondary N) is 1. The third-order valence-electron chi connectivity index (χ3n) is 3.81. The Hall–Kier alpha value is -3.61. The first kappa shape index (κ1) is 18.2. The van der Waals surface area contributed by atoms with Crippen molar-refractivity contribution >= 4 is 22.8 Å². The van der Waals surface area contributed by atoms with Gasteiger partial charge in [-0.15, -0.1) is 5.10 Å². The molecule has 1 amide bonds. The number of carbonyl (C=O) groups is 1. The molecule has 27 heavy (non-hydrogen) atoms. The molecule has 2 heterocycles. The Morgan fingerprint density at radius 1 is 1.04 bits per heavy atom. The molecule has 0 radical (unpaired) electrons. The fourth-order valence-corrected chi connectivity index (χ4v) is 2.44. The summed E-state index contributed by atoms with van der Waals surface area (Å²) in [4.78, 5) is 11.5. The zero-order valence-corrected chi connectivity index (χ0v) is 15.2.